The Morgan fingerprint density at radius 1 is 1.41 bits per heavy atom. The van der Waals surface area contributed by atoms with Gasteiger partial charge in [0, 0.05) is 13.6 Å². The number of nitrogens with one attached hydrogen (secondary N) is 1. The fourth-order valence-corrected chi connectivity index (χ4v) is 1.42. The molecule has 1 rings (SSSR count). The molecule has 3 N–H and O–H groups in total. The molecule has 1 aromatic rings. The van der Waals surface area contributed by atoms with Crippen molar-refractivity contribution in [3.8, 4) is 0 Å². The van der Waals surface area contributed by atoms with Crippen LogP contribution in [0.5, 0.6) is 0 Å². The minimum Gasteiger partial charge on any atom is -0.340 e. The summed E-state index contributed by atoms with van der Waals surface area (Å²) in [6.45, 7) is 2.87. The molecule has 1 heterocycles. The SMILES string of the molecule is CCCCCN(C)C(=O)c1ccc(NN)nn1. The van der Waals surface area contributed by atoms with Crippen LogP contribution in [0.3, 0.4) is 0 Å². The monoisotopic (exact) mass is 237 g/mol. The third-order valence-electron chi connectivity index (χ3n) is 2.48. The fourth-order valence-electron chi connectivity index (χ4n) is 1.42. The van der Waals surface area contributed by atoms with E-state index in [0.717, 1.165) is 25.8 Å². The first-order valence-corrected chi connectivity index (χ1v) is 5.74. The second kappa shape index (κ2) is 6.80. The van der Waals surface area contributed by atoms with Crippen molar-refractivity contribution in [1.29, 1.82) is 0 Å². The molecular formula is C11H19N5O. The van der Waals surface area contributed by atoms with E-state index in [9.17, 15) is 4.79 Å². The van der Waals surface area contributed by atoms with E-state index in [1.807, 2.05) is 0 Å². The summed E-state index contributed by atoms with van der Waals surface area (Å²) < 4.78 is 0. The number of nitrogens with two attached hydrogens (primary N) is 1. The van der Waals surface area contributed by atoms with Crippen LogP contribution in [-0.4, -0.2) is 34.6 Å². The first kappa shape index (κ1) is 13.4. The van der Waals surface area contributed by atoms with Crippen LogP contribution in [0.1, 0.15) is 36.7 Å². The Balaban J connectivity index is 2.55. The Labute approximate surface area is 101 Å². The van der Waals surface area contributed by atoms with Gasteiger partial charge in [-0.25, -0.2) is 5.84 Å². The number of hydrogen-bond donors (Lipinski definition) is 2. The summed E-state index contributed by atoms with van der Waals surface area (Å²) in [6, 6.07) is 3.24. The van der Waals surface area contributed by atoms with Gasteiger partial charge in [0.05, 0.1) is 0 Å². The summed E-state index contributed by atoms with van der Waals surface area (Å²) in [5.41, 5.74) is 2.70. The zero-order valence-corrected chi connectivity index (χ0v) is 10.3. The lowest BCUT2D eigenvalue weighted by atomic mass is 10.2. The molecule has 0 aliphatic heterocycles. The molecule has 1 aromatic heterocycles. The summed E-state index contributed by atoms with van der Waals surface area (Å²) in [7, 11) is 1.77. The van der Waals surface area contributed by atoms with E-state index in [0.29, 0.717) is 11.5 Å². The Morgan fingerprint density at radius 2 is 2.18 bits per heavy atom. The van der Waals surface area contributed by atoms with Gasteiger partial charge in [0.1, 0.15) is 0 Å². The molecule has 0 saturated carbocycles. The number of anilines is 1. The molecule has 17 heavy (non-hydrogen) atoms. The van der Waals surface area contributed by atoms with Crippen LogP contribution < -0.4 is 11.3 Å². The molecule has 0 spiro atoms. The average molecular weight is 237 g/mol. The maximum Gasteiger partial charge on any atom is 0.274 e. The van der Waals surface area contributed by atoms with Gasteiger partial charge in [-0.15, -0.1) is 10.2 Å². The number of rotatable bonds is 6. The zero-order valence-electron chi connectivity index (χ0n) is 10.3. The average Bonchev–Trinajstić information content (AvgIpc) is 2.38. The lowest BCUT2D eigenvalue weighted by molar-refractivity contribution is 0.0786. The first-order chi connectivity index (χ1) is 8.19. The molecule has 94 valence electrons. The van der Waals surface area contributed by atoms with E-state index >= 15 is 0 Å². The number of amides is 1. The van der Waals surface area contributed by atoms with Gasteiger partial charge in [-0.2, -0.15) is 0 Å². The number of unbranched alkanes of at least 4 members (excludes halogenated alkanes) is 2. The minimum absolute atomic E-state index is 0.114. The molecule has 6 heteroatoms. The third-order valence-corrected chi connectivity index (χ3v) is 2.48. The lowest BCUT2D eigenvalue weighted by Gasteiger charge is -2.16. The lowest BCUT2D eigenvalue weighted by Crippen LogP contribution is -2.28. The molecule has 6 nitrogen and oxygen atoms in total. The molecule has 1 amide bonds. The maximum absolute atomic E-state index is 11.9. The molecular weight excluding hydrogens is 218 g/mol. The van der Waals surface area contributed by atoms with Crippen molar-refractivity contribution in [3.05, 3.63) is 17.8 Å². The molecule has 0 radical (unpaired) electrons. The van der Waals surface area contributed by atoms with Crippen LogP contribution in [-0.2, 0) is 0 Å². The molecule has 0 saturated heterocycles. The smallest absolute Gasteiger partial charge is 0.274 e. The highest BCUT2D eigenvalue weighted by atomic mass is 16.2. The van der Waals surface area contributed by atoms with E-state index in [1.54, 1.807) is 24.1 Å². The molecule has 0 unspecified atom stereocenters. The summed E-state index contributed by atoms with van der Waals surface area (Å²) in [5, 5.41) is 7.58. The van der Waals surface area contributed by atoms with Crippen LogP contribution in [0.2, 0.25) is 0 Å². The van der Waals surface area contributed by atoms with E-state index in [2.05, 4.69) is 22.5 Å². The van der Waals surface area contributed by atoms with Crippen molar-refractivity contribution >= 4 is 11.7 Å². The Bertz CT molecular complexity index is 351. The number of nitrogen functional groups attached to an aromatic ring is 1. The van der Waals surface area contributed by atoms with Crippen molar-refractivity contribution in [1.82, 2.24) is 15.1 Å². The third kappa shape index (κ3) is 3.99. The van der Waals surface area contributed by atoms with Crippen LogP contribution in [0.15, 0.2) is 12.1 Å². The van der Waals surface area contributed by atoms with Crippen LogP contribution in [0.4, 0.5) is 5.82 Å². The zero-order chi connectivity index (χ0) is 12.7. The van der Waals surface area contributed by atoms with Crippen molar-refractivity contribution in [2.24, 2.45) is 5.84 Å². The van der Waals surface area contributed by atoms with Gasteiger partial charge >= 0.3 is 0 Å². The number of carbonyl (C=O) groups is 1. The quantitative estimate of drug-likeness (QED) is 0.438. The standard InChI is InChI=1S/C11H19N5O/c1-3-4-5-8-16(2)11(17)9-6-7-10(13-12)15-14-9/h6-7H,3-5,8,12H2,1-2H3,(H,13,15). The summed E-state index contributed by atoms with van der Waals surface area (Å²) in [5.74, 6) is 5.50. The number of aromatic nitrogens is 2. The van der Waals surface area contributed by atoms with Gasteiger partial charge in [-0.05, 0) is 18.6 Å². The van der Waals surface area contributed by atoms with Gasteiger partial charge < -0.3 is 10.3 Å². The highest BCUT2D eigenvalue weighted by Crippen LogP contribution is 2.04. The fraction of sp³-hybridized carbons (Fsp3) is 0.545. The second-order valence-corrected chi connectivity index (χ2v) is 3.88. The largest absolute Gasteiger partial charge is 0.340 e. The highest BCUT2D eigenvalue weighted by Gasteiger charge is 2.12. The van der Waals surface area contributed by atoms with Crippen LogP contribution in [0.25, 0.3) is 0 Å². The summed E-state index contributed by atoms with van der Waals surface area (Å²) in [4.78, 5) is 13.6. The van der Waals surface area contributed by atoms with E-state index in [-0.39, 0.29) is 5.91 Å². The van der Waals surface area contributed by atoms with Crippen molar-refractivity contribution in [3.63, 3.8) is 0 Å². The molecule has 0 atom stereocenters. The highest BCUT2D eigenvalue weighted by molar-refractivity contribution is 5.92. The first-order valence-electron chi connectivity index (χ1n) is 5.74. The van der Waals surface area contributed by atoms with Crippen molar-refractivity contribution in [2.75, 3.05) is 19.0 Å². The number of nitrogens with zero attached hydrogens (tertiary/aromatic N) is 3. The maximum atomic E-state index is 11.9. The number of hydrogen-bond acceptors (Lipinski definition) is 5. The number of carbonyl (C=O) groups excluding carboxylic acids is 1. The molecule has 0 aromatic carbocycles. The molecule has 0 aliphatic rings. The van der Waals surface area contributed by atoms with E-state index in [1.165, 1.54) is 0 Å². The minimum atomic E-state index is -0.114. The van der Waals surface area contributed by atoms with Gasteiger partial charge in [0.2, 0.25) is 0 Å². The van der Waals surface area contributed by atoms with E-state index in [4.69, 9.17) is 5.84 Å². The molecule has 0 bridgehead atoms. The molecule has 0 aliphatic carbocycles. The second-order valence-electron chi connectivity index (χ2n) is 3.88. The van der Waals surface area contributed by atoms with E-state index < -0.39 is 0 Å². The predicted octanol–water partition coefficient (Wildman–Crippen LogP) is 1.02. The normalized spacial score (nSPS) is 10.1. The van der Waals surface area contributed by atoms with Crippen LogP contribution >= 0.6 is 0 Å². The van der Waals surface area contributed by atoms with Gasteiger partial charge in [0.15, 0.2) is 11.5 Å². The Morgan fingerprint density at radius 3 is 2.71 bits per heavy atom. The Hall–Kier alpha value is -1.69. The molecule has 0 fully saturated rings. The van der Waals surface area contributed by atoms with Crippen LogP contribution in [0, 0.1) is 0 Å². The Kier molecular flexibility index (Phi) is 5.35. The van der Waals surface area contributed by atoms with Crippen molar-refractivity contribution < 1.29 is 4.79 Å². The summed E-state index contributed by atoms with van der Waals surface area (Å²) >= 11 is 0. The van der Waals surface area contributed by atoms with Gasteiger partial charge in [0.25, 0.3) is 5.91 Å². The summed E-state index contributed by atoms with van der Waals surface area (Å²) in [6.07, 6.45) is 3.27. The van der Waals surface area contributed by atoms with Gasteiger partial charge in [-0.3, -0.25) is 4.79 Å². The van der Waals surface area contributed by atoms with Gasteiger partial charge in [-0.1, -0.05) is 19.8 Å². The number of hydrazine groups is 1. The van der Waals surface area contributed by atoms with Crippen molar-refractivity contribution in [2.45, 2.75) is 26.2 Å². The topological polar surface area (TPSA) is 84.1 Å². The predicted molar refractivity (Wildman–Crippen MR) is 66.3 cm³/mol.